The standard InChI is InChI=1S/C25H28N4O3/c1-6-23(24(31)27-20-9-7-8-16(3)17(20)4)29-25(32)22(26-18(5)30)14-21(28-29)19-12-10-15(2)11-13-19/h7-14,23H,6H2,1-5H3,(H,26,30)(H,27,31). The Bertz CT molecular complexity index is 1210. The Morgan fingerprint density at radius 2 is 1.69 bits per heavy atom. The van der Waals surface area contributed by atoms with Crippen molar-refractivity contribution in [3.8, 4) is 11.3 Å². The minimum absolute atomic E-state index is 0.0843. The van der Waals surface area contributed by atoms with Gasteiger partial charge in [0.2, 0.25) is 11.8 Å². The number of carbonyl (C=O) groups excluding carboxylic acids is 2. The van der Waals surface area contributed by atoms with Crippen molar-refractivity contribution in [3.63, 3.8) is 0 Å². The zero-order chi connectivity index (χ0) is 23.4. The summed E-state index contributed by atoms with van der Waals surface area (Å²) in [5.41, 5.74) is 4.62. The molecule has 7 heteroatoms. The fourth-order valence-electron chi connectivity index (χ4n) is 3.44. The maximum absolute atomic E-state index is 13.2. The van der Waals surface area contributed by atoms with E-state index in [1.807, 2.05) is 70.2 Å². The van der Waals surface area contributed by atoms with Gasteiger partial charge in [0.1, 0.15) is 11.7 Å². The average molecular weight is 433 g/mol. The van der Waals surface area contributed by atoms with E-state index >= 15 is 0 Å². The van der Waals surface area contributed by atoms with Crippen LogP contribution in [0.15, 0.2) is 53.3 Å². The molecule has 3 aromatic rings. The molecule has 0 bridgehead atoms. The van der Waals surface area contributed by atoms with Crippen molar-refractivity contribution in [1.82, 2.24) is 9.78 Å². The van der Waals surface area contributed by atoms with E-state index in [1.54, 1.807) is 6.07 Å². The summed E-state index contributed by atoms with van der Waals surface area (Å²) in [6, 6.07) is 14.0. The summed E-state index contributed by atoms with van der Waals surface area (Å²) in [6.45, 7) is 9.03. The number of benzene rings is 2. The number of carbonyl (C=O) groups is 2. The van der Waals surface area contributed by atoms with Gasteiger partial charge in [0.15, 0.2) is 0 Å². The lowest BCUT2D eigenvalue weighted by Crippen LogP contribution is -2.36. The predicted octanol–water partition coefficient (Wildman–Crippen LogP) is 4.38. The summed E-state index contributed by atoms with van der Waals surface area (Å²) in [5.74, 6) is -0.715. The summed E-state index contributed by atoms with van der Waals surface area (Å²) in [6.07, 6.45) is 0.348. The Morgan fingerprint density at radius 3 is 2.31 bits per heavy atom. The largest absolute Gasteiger partial charge is 0.324 e. The number of nitrogens with zero attached hydrogens (tertiary/aromatic N) is 2. The van der Waals surface area contributed by atoms with Gasteiger partial charge in [-0.15, -0.1) is 0 Å². The Labute approximate surface area is 187 Å². The fourth-order valence-corrected chi connectivity index (χ4v) is 3.44. The molecule has 7 nitrogen and oxygen atoms in total. The molecular formula is C25H28N4O3. The maximum Gasteiger partial charge on any atom is 0.291 e. The number of aryl methyl sites for hydroxylation is 2. The molecule has 166 valence electrons. The Morgan fingerprint density at radius 1 is 1.00 bits per heavy atom. The van der Waals surface area contributed by atoms with Gasteiger partial charge in [-0.2, -0.15) is 5.10 Å². The average Bonchev–Trinajstić information content (AvgIpc) is 2.74. The summed E-state index contributed by atoms with van der Waals surface area (Å²) in [7, 11) is 0. The highest BCUT2D eigenvalue weighted by atomic mass is 16.2. The molecule has 0 spiro atoms. The summed E-state index contributed by atoms with van der Waals surface area (Å²) in [4.78, 5) is 38.0. The van der Waals surface area contributed by atoms with E-state index in [2.05, 4.69) is 15.7 Å². The van der Waals surface area contributed by atoms with E-state index in [0.29, 0.717) is 17.8 Å². The van der Waals surface area contributed by atoms with E-state index in [-0.39, 0.29) is 17.5 Å². The highest BCUT2D eigenvalue weighted by molar-refractivity contribution is 5.94. The molecule has 3 rings (SSSR count). The van der Waals surface area contributed by atoms with E-state index in [1.165, 1.54) is 11.6 Å². The zero-order valence-electron chi connectivity index (χ0n) is 19.0. The first-order valence-corrected chi connectivity index (χ1v) is 10.6. The van der Waals surface area contributed by atoms with Crippen molar-refractivity contribution in [3.05, 3.63) is 75.6 Å². The summed E-state index contributed by atoms with van der Waals surface area (Å²) in [5, 5.41) is 10.0. The van der Waals surface area contributed by atoms with E-state index in [9.17, 15) is 14.4 Å². The molecule has 0 fully saturated rings. The van der Waals surface area contributed by atoms with Gasteiger partial charge >= 0.3 is 0 Å². The van der Waals surface area contributed by atoms with Crippen molar-refractivity contribution >= 4 is 23.2 Å². The van der Waals surface area contributed by atoms with Crippen LogP contribution in [0.25, 0.3) is 11.3 Å². The lowest BCUT2D eigenvalue weighted by atomic mass is 10.1. The van der Waals surface area contributed by atoms with Crippen LogP contribution in [0, 0.1) is 20.8 Å². The van der Waals surface area contributed by atoms with Gasteiger partial charge in [-0.3, -0.25) is 14.4 Å². The first kappa shape index (κ1) is 22.9. The second kappa shape index (κ2) is 9.60. The molecule has 32 heavy (non-hydrogen) atoms. The molecule has 0 saturated heterocycles. The Hall–Kier alpha value is -3.74. The number of aromatic nitrogens is 2. The van der Waals surface area contributed by atoms with Crippen LogP contribution in [0.5, 0.6) is 0 Å². The number of anilines is 2. The van der Waals surface area contributed by atoms with Crippen LogP contribution >= 0.6 is 0 Å². The van der Waals surface area contributed by atoms with Gasteiger partial charge in [0.05, 0.1) is 5.69 Å². The minimum atomic E-state index is -0.847. The molecule has 0 saturated carbocycles. The molecule has 1 heterocycles. The molecule has 0 aliphatic heterocycles. The number of hydrogen-bond donors (Lipinski definition) is 2. The molecule has 0 radical (unpaired) electrons. The van der Waals surface area contributed by atoms with Crippen LogP contribution in [0.4, 0.5) is 11.4 Å². The summed E-state index contributed by atoms with van der Waals surface area (Å²) >= 11 is 0. The molecule has 1 unspecified atom stereocenters. The molecule has 2 aromatic carbocycles. The fraction of sp³-hybridized carbons (Fsp3) is 0.280. The van der Waals surface area contributed by atoms with Crippen LogP contribution in [-0.4, -0.2) is 21.6 Å². The Balaban J connectivity index is 2.08. The number of nitrogens with one attached hydrogen (secondary N) is 2. The predicted molar refractivity (Wildman–Crippen MR) is 127 cm³/mol. The molecule has 1 atom stereocenters. The lowest BCUT2D eigenvalue weighted by molar-refractivity contribution is -0.119. The highest BCUT2D eigenvalue weighted by Gasteiger charge is 2.24. The smallest absolute Gasteiger partial charge is 0.291 e. The van der Waals surface area contributed by atoms with Crippen LogP contribution in [0.1, 0.15) is 43.0 Å². The van der Waals surface area contributed by atoms with Crippen molar-refractivity contribution in [2.45, 2.75) is 47.1 Å². The molecule has 1 aromatic heterocycles. The second-order valence-electron chi connectivity index (χ2n) is 7.90. The normalized spacial score (nSPS) is 11.7. The van der Waals surface area contributed by atoms with E-state index in [4.69, 9.17) is 0 Å². The van der Waals surface area contributed by atoms with E-state index in [0.717, 1.165) is 22.3 Å². The molecule has 2 N–H and O–H groups in total. The minimum Gasteiger partial charge on any atom is -0.324 e. The lowest BCUT2D eigenvalue weighted by Gasteiger charge is -2.20. The van der Waals surface area contributed by atoms with Gasteiger partial charge in [0, 0.05) is 18.2 Å². The first-order valence-electron chi connectivity index (χ1n) is 10.6. The number of hydrogen-bond acceptors (Lipinski definition) is 4. The summed E-state index contributed by atoms with van der Waals surface area (Å²) < 4.78 is 1.17. The zero-order valence-corrected chi connectivity index (χ0v) is 19.0. The van der Waals surface area contributed by atoms with Gasteiger partial charge in [-0.25, -0.2) is 4.68 Å². The highest BCUT2D eigenvalue weighted by Crippen LogP contribution is 2.23. The van der Waals surface area contributed by atoms with E-state index < -0.39 is 11.6 Å². The maximum atomic E-state index is 13.2. The van der Waals surface area contributed by atoms with Crippen molar-refractivity contribution < 1.29 is 9.59 Å². The van der Waals surface area contributed by atoms with Crippen molar-refractivity contribution in [1.29, 1.82) is 0 Å². The van der Waals surface area contributed by atoms with Gasteiger partial charge in [-0.1, -0.05) is 48.9 Å². The third kappa shape index (κ3) is 4.94. The molecule has 0 aliphatic rings. The first-order chi connectivity index (χ1) is 15.2. The topological polar surface area (TPSA) is 93.1 Å². The monoisotopic (exact) mass is 432 g/mol. The third-order valence-electron chi connectivity index (χ3n) is 5.44. The number of rotatable bonds is 6. The molecular weight excluding hydrogens is 404 g/mol. The van der Waals surface area contributed by atoms with Gasteiger partial charge in [-0.05, 0) is 50.5 Å². The Kier molecular flexibility index (Phi) is 6.88. The third-order valence-corrected chi connectivity index (χ3v) is 5.44. The molecule has 0 aliphatic carbocycles. The van der Waals surface area contributed by atoms with Crippen molar-refractivity contribution in [2.24, 2.45) is 0 Å². The number of amides is 2. The van der Waals surface area contributed by atoms with Crippen LogP contribution < -0.4 is 16.2 Å². The van der Waals surface area contributed by atoms with Crippen LogP contribution in [0.2, 0.25) is 0 Å². The molecule has 2 amide bonds. The van der Waals surface area contributed by atoms with Crippen molar-refractivity contribution in [2.75, 3.05) is 10.6 Å². The SMILES string of the molecule is CCC(C(=O)Nc1cccc(C)c1C)n1nc(-c2ccc(C)cc2)cc(NC(C)=O)c1=O. The van der Waals surface area contributed by atoms with Gasteiger partial charge in [0.25, 0.3) is 5.56 Å². The second-order valence-corrected chi connectivity index (χ2v) is 7.90. The van der Waals surface area contributed by atoms with Crippen LogP contribution in [0.3, 0.4) is 0 Å². The van der Waals surface area contributed by atoms with Crippen LogP contribution in [-0.2, 0) is 9.59 Å². The van der Waals surface area contributed by atoms with Gasteiger partial charge < -0.3 is 10.6 Å². The quantitative estimate of drug-likeness (QED) is 0.604.